The highest BCUT2D eigenvalue weighted by Crippen LogP contribution is 2.31. The van der Waals surface area contributed by atoms with E-state index in [1.54, 1.807) is 4.90 Å². The number of ether oxygens (including phenoxy) is 1. The van der Waals surface area contributed by atoms with E-state index in [2.05, 4.69) is 0 Å². The van der Waals surface area contributed by atoms with E-state index in [0.29, 0.717) is 13.1 Å². The summed E-state index contributed by atoms with van der Waals surface area (Å²) >= 11 is 0. The van der Waals surface area contributed by atoms with Gasteiger partial charge in [-0.2, -0.15) is 0 Å². The Morgan fingerprint density at radius 3 is 2.55 bits per heavy atom. The number of likely N-dealkylation sites (tertiary alicyclic amines) is 1. The van der Waals surface area contributed by atoms with Gasteiger partial charge in [0, 0.05) is 13.1 Å². The third kappa shape index (κ3) is 3.91. The van der Waals surface area contributed by atoms with Gasteiger partial charge >= 0.3 is 6.09 Å². The van der Waals surface area contributed by atoms with Gasteiger partial charge in [-0.05, 0) is 52.7 Å². The van der Waals surface area contributed by atoms with Gasteiger partial charge < -0.3 is 9.64 Å². The van der Waals surface area contributed by atoms with Crippen LogP contribution in [0.4, 0.5) is 10.5 Å². The second-order valence-corrected chi connectivity index (χ2v) is 7.15. The first-order chi connectivity index (χ1) is 10.2. The summed E-state index contributed by atoms with van der Waals surface area (Å²) in [4.78, 5) is 13.9. The Bertz CT molecular complexity index is 512. The maximum absolute atomic E-state index is 12.3. The van der Waals surface area contributed by atoms with Crippen LogP contribution in [0, 0.1) is 0 Å². The van der Waals surface area contributed by atoms with Crippen molar-refractivity contribution in [1.29, 1.82) is 0 Å². The molecule has 1 heterocycles. The minimum Gasteiger partial charge on any atom is -0.444 e. The molecular formula is C17H26N2O3. The second kappa shape index (κ2) is 6.16. The van der Waals surface area contributed by atoms with Crippen LogP contribution in [0.5, 0.6) is 0 Å². The number of nitrogens with zero attached hydrogens (tertiary/aromatic N) is 2. The molecule has 1 fully saturated rings. The molecule has 1 saturated heterocycles. The zero-order valence-electron chi connectivity index (χ0n) is 13.9. The van der Waals surface area contributed by atoms with Crippen LogP contribution in [0.1, 0.15) is 40.5 Å². The molecule has 5 nitrogen and oxygen atoms in total. The number of amides is 1. The molecule has 2 rings (SSSR count). The van der Waals surface area contributed by atoms with Crippen LogP contribution >= 0.6 is 0 Å². The van der Waals surface area contributed by atoms with Crippen molar-refractivity contribution in [2.24, 2.45) is 0 Å². The minimum absolute atomic E-state index is 0.320. The number of para-hydroxylation sites is 1. The number of piperidine rings is 1. The lowest BCUT2D eigenvalue weighted by atomic mass is 9.90. The fourth-order valence-corrected chi connectivity index (χ4v) is 2.76. The Hall–Kier alpha value is -1.75. The Morgan fingerprint density at radius 1 is 1.32 bits per heavy atom. The molecule has 0 radical (unpaired) electrons. The van der Waals surface area contributed by atoms with Gasteiger partial charge in [-0.1, -0.05) is 18.2 Å². The summed E-state index contributed by atoms with van der Waals surface area (Å²) in [5.41, 5.74) is -0.296. The molecule has 1 aliphatic heterocycles. The molecule has 0 bridgehead atoms. The predicted molar refractivity (Wildman–Crippen MR) is 86.2 cm³/mol. The largest absolute Gasteiger partial charge is 0.444 e. The molecule has 1 aromatic rings. The highest BCUT2D eigenvalue weighted by Gasteiger charge is 2.39. The Labute approximate surface area is 132 Å². The number of benzene rings is 1. The lowest BCUT2D eigenvalue weighted by molar-refractivity contribution is 0.00697. The first kappa shape index (κ1) is 16.6. The summed E-state index contributed by atoms with van der Waals surface area (Å²) in [5.74, 6) is 0. The number of carbonyl (C=O) groups excluding carboxylic acids is 1. The number of anilines is 1. The van der Waals surface area contributed by atoms with Crippen LogP contribution < -0.4 is 5.06 Å². The van der Waals surface area contributed by atoms with Crippen molar-refractivity contribution in [3.8, 4) is 0 Å². The Balaban J connectivity index is 2.10. The topological polar surface area (TPSA) is 53.0 Å². The lowest BCUT2D eigenvalue weighted by Crippen LogP contribution is -2.57. The molecule has 22 heavy (non-hydrogen) atoms. The standard InChI is InChI=1S/C17H26N2O3/c1-16(2,3)22-15(20)18-12-8-11-17(4,13-18)19(21)14-9-6-5-7-10-14/h5-7,9-10,21H,8,11-13H2,1-4H3. The second-order valence-electron chi connectivity index (χ2n) is 7.15. The number of hydroxylamine groups is 1. The van der Waals surface area contributed by atoms with Gasteiger partial charge in [0.05, 0.1) is 11.2 Å². The number of carbonyl (C=O) groups is 1. The Kier molecular flexibility index (Phi) is 4.66. The summed E-state index contributed by atoms with van der Waals surface area (Å²) < 4.78 is 5.44. The van der Waals surface area contributed by atoms with Crippen molar-refractivity contribution in [3.63, 3.8) is 0 Å². The summed E-state index contributed by atoms with van der Waals surface area (Å²) in [7, 11) is 0. The summed E-state index contributed by atoms with van der Waals surface area (Å²) in [5, 5.41) is 11.9. The molecule has 1 aliphatic rings. The van der Waals surface area contributed by atoms with E-state index in [-0.39, 0.29) is 6.09 Å². The van der Waals surface area contributed by atoms with Gasteiger partial charge in [0.1, 0.15) is 5.60 Å². The predicted octanol–water partition coefficient (Wildman–Crippen LogP) is 3.67. The zero-order valence-corrected chi connectivity index (χ0v) is 13.9. The minimum atomic E-state index is -0.517. The molecule has 1 amide bonds. The van der Waals surface area contributed by atoms with Crippen LogP contribution in [-0.4, -0.2) is 40.4 Å². The first-order valence-electron chi connectivity index (χ1n) is 7.73. The van der Waals surface area contributed by atoms with Crippen LogP contribution in [0.2, 0.25) is 0 Å². The lowest BCUT2D eigenvalue weighted by Gasteiger charge is -2.45. The van der Waals surface area contributed by atoms with E-state index in [9.17, 15) is 10.0 Å². The van der Waals surface area contributed by atoms with Gasteiger partial charge in [0.25, 0.3) is 0 Å². The van der Waals surface area contributed by atoms with Crippen LogP contribution in [0.3, 0.4) is 0 Å². The molecule has 1 aromatic carbocycles. The molecule has 0 saturated carbocycles. The van der Waals surface area contributed by atoms with E-state index < -0.39 is 11.1 Å². The van der Waals surface area contributed by atoms with Crippen molar-refractivity contribution in [2.75, 3.05) is 18.2 Å². The van der Waals surface area contributed by atoms with Gasteiger partial charge in [-0.25, -0.2) is 9.86 Å². The van der Waals surface area contributed by atoms with Crippen molar-refractivity contribution >= 4 is 11.8 Å². The molecular weight excluding hydrogens is 280 g/mol. The normalized spacial score (nSPS) is 22.3. The Morgan fingerprint density at radius 2 is 1.95 bits per heavy atom. The van der Waals surface area contributed by atoms with Gasteiger partial charge in [0.15, 0.2) is 0 Å². The van der Waals surface area contributed by atoms with Crippen LogP contribution in [0.25, 0.3) is 0 Å². The number of rotatable bonds is 2. The highest BCUT2D eigenvalue weighted by molar-refractivity contribution is 5.68. The van der Waals surface area contributed by atoms with Crippen molar-refractivity contribution < 1.29 is 14.7 Å². The smallest absolute Gasteiger partial charge is 0.410 e. The van der Waals surface area contributed by atoms with Gasteiger partial charge in [-0.3, -0.25) is 5.21 Å². The van der Waals surface area contributed by atoms with Crippen molar-refractivity contribution in [3.05, 3.63) is 30.3 Å². The van der Waals surface area contributed by atoms with E-state index in [0.717, 1.165) is 18.5 Å². The fraction of sp³-hybridized carbons (Fsp3) is 0.588. The van der Waals surface area contributed by atoms with Crippen LogP contribution in [0.15, 0.2) is 30.3 Å². The maximum Gasteiger partial charge on any atom is 0.410 e. The summed E-state index contributed by atoms with van der Waals surface area (Å²) in [6, 6.07) is 9.40. The first-order valence-corrected chi connectivity index (χ1v) is 7.73. The SMILES string of the molecule is CC(C)(C)OC(=O)N1CCCC(C)(N(O)c2ccccc2)C1. The third-order valence-corrected chi connectivity index (χ3v) is 3.84. The molecule has 0 aliphatic carbocycles. The number of hydrogen-bond acceptors (Lipinski definition) is 4. The average molecular weight is 306 g/mol. The fourth-order valence-electron chi connectivity index (χ4n) is 2.76. The molecule has 1 atom stereocenters. The average Bonchev–Trinajstić information content (AvgIpc) is 2.45. The van der Waals surface area contributed by atoms with Crippen LogP contribution in [-0.2, 0) is 4.74 Å². The van der Waals surface area contributed by atoms with Crippen molar-refractivity contribution in [1.82, 2.24) is 4.90 Å². The van der Waals surface area contributed by atoms with Gasteiger partial charge in [-0.15, -0.1) is 0 Å². The molecule has 1 unspecified atom stereocenters. The van der Waals surface area contributed by atoms with E-state index >= 15 is 0 Å². The maximum atomic E-state index is 12.3. The molecule has 122 valence electrons. The monoisotopic (exact) mass is 306 g/mol. The quantitative estimate of drug-likeness (QED) is 0.847. The molecule has 0 aromatic heterocycles. The molecule has 5 heteroatoms. The molecule has 1 N–H and O–H groups in total. The summed E-state index contributed by atoms with van der Waals surface area (Å²) in [6.45, 7) is 8.64. The summed E-state index contributed by atoms with van der Waals surface area (Å²) in [6.07, 6.45) is 1.33. The van der Waals surface area contributed by atoms with E-state index in [4.69, 9.17) is 4.74 Å². The molecule has 0 spiro atoms. The van der Waals surface area contributed by atoms with E-state index in [1.807, 2.05) is 58.0 Å². The van der Waals surface area contributed by atoms with Gasteiger partial charge in [0.2, 0.25) is 0 Å². The zero-order chi connectivity index (χ0) is 16.4. The third-order valence-electron chi connectivity index (χ3n) is 3.84. The highest BCUT2D eigenvalue weighted by atomic mass is 16.6. The van der Waals surface area contributed by atoms with Crippen molar-refractivity contribution in [2.45, 2.75) is 51.7 Å². The number of hydrogen-bond donors (Lipinski definition) is 1. The van der Waals surface area contributed by atoms with E-state index in [1.165, 1.54) is 5.06 Å².